The molecule has 2 aromatic carbocycles. The van der Waals surface area contributed by atoms with E-state index in [1.807, 2.05) is 61.5 Å². The van der Waals surface area contributed by atoms with Gasteiger partial charge in [0.1, 0.15) is 0 Å². The Morgan fingerprint density at radius 2 is 1.76 bits per heavy atom. The molecule has 0 aliphatic heterocycles. The Labute approximate surface area is 130 Å². The van der Waals surface area contributed by atoms with Gasteiger partial charge in [0.2, 0.25) is 5.91 Å². The first-order valence-corrected chi connectivity index (χ1v) is 7.39. The lowest BCUT2D eigenvalue weighted by atomic mass is 10.2. The van der Waals surface area contributed by atoms with Gasteiger partial charge in [-0.3, -0.25) is 4.79 Å². The maximum atomic E-state index is 12.3. The number of carbonyl (C=O) groups is 1. The molecule has 0 aliphatic rings. The molecule has 0 spiro atoms. The summed E-state index contributed by atoms with van der Waals surface area (Å²) in [4.78, 5) is 14.0. The highest BCUT2D eigenvalue weighted by Gasteiger charge is 2.12. The van der Waals surface area contributed by atoms with Crippen LogP contribution in [-0.2, 0) is 11.3 Å². The fraction of sp³-hybridized carbons (Fsp3) is 0.235. The first kappa shape index (κ1) is 15.5. The predicted octanol–water partition coefficient (Wildman–Crippen LogP) is 3.48. The molecule has 2 aromatic rings. The number of halogens is 1. The van der Waals surface area contributed by atoms with Crippen molar-refractivity contribution in [1.82, 2.24) is 5.32 Å². The molecule has 0 atom stereocenters. The van der Waals surface area contributed by atoms with E-state index in [1.54, 1.807) is 4.90 Å². The van der Waals surface area contributed by atoms with Crippen molar-refractivity contribution in [3.05, 3.63) is 65.2 Å². The molecule has 0 fully saturated rings. The lowest BCUT2D eigenvalue weighted by Gasteiger charge is -2.21. The number of rotatable bonds is 6. The van der Waals surface area contributed by atoms with Gasteiger partial charge >= 0.3 is 0 Å². The summed E-state index contributed by atoms with van der Waals surface area (Å²) in [5.74, 6) is 0.0516. The standard InChI is InChI=1S/C17H19ClN2O/c1-2-20(15-9-4-3-5-10-15)17(21)13-19-12-14-8-6-7-11-16(14)18/h3-11,19H,2,12-13H2,1H3. The Morgan fingerprint density at radius 1 is 1.10 bits per heavy atom. The average molecular weight is 303 g/mol. The van der Waals surface area contributed by atoms with Gasteiger partial charge in [-0.1, -0.05) is 48.0 Å². The molecule has 110 valence electrons. The van der Waals surface area contributed by atoms with Gasteiger partial charge in [0.15, 0.2) is 0 Å². The van der Waals surface area contributed by atoms with Crippen LogP contribution >= 0.6 is 11.6 Å². The zero-order valence-corrected chi connectivity index (χ0v) is 12.8. The van der Waals surface area contributed by atoms with Gasteiger partial charge in [-0.2, -0.15) is 0 Å². The molecule has 1 N–H and O–H groups in total. The Hall–Kier alpha value is -1.84. The fourth-order valence-electron chi connectivity index (χ4n) is 2.15. The van der Waals surface area contributed by atoms with Crippen molar-refractivity contribution < 1.29 is 4.79 Å². The number of para-hydroxylation sites is 1. The minimum absolute atomic E-state index is 0.0516. The second kappa shape index (κ2) is 7.81. The smallest absolute Gasteiger partial charge is 0.240 e. The van der Waals surface area contributed by atoms with Crippen molar-refractivity contribution in [3.8, 4) is 0 Å². The largest absolute Gasteiger partial charge is 0.312 e. The quantitative estimate of drug-likeness (QED) is 0.886. The molecule has 1 amide bonds. The van der Waals surface area contributed by atoms with E-state index in [-0.39, 0.29) is 12.5 Å². The summed E-state index contributed by atoms with van der Waals surface area (Å²) in [6.45, 7) is 3.49. The number of amides is 1. The van der Waals surface area contributed by atoms with Crippen LogP contribution < -0.4 is 10.2 Å². The average Bonchev–Trinajstić information content (AvgIpc) is 2.51. The summed E-state index contributed by atoms with van der Waals surface area (Å²) in [7, 11) is 0. The topological polar surface area (TPSA) is 32.3 Å². The first-order chi connectivity index (χ1) is 10.2. The van der Waals surface area contributed by atoms with Gasteiger partial charge in [0, 0.05) is 23.8 Å². The predicted molar refractivity (Wildman–Crippen MR) is 87.6 cm³/mol. The molecule has 4 heteroatoms. The number of nitrogens with zero attached hydrogens (tertiary/aromatic N) is 1. The third kappa shape index (κ3) is 4.31. The normalized spacial score (nSPS) is 10.4. The Balaban J connectivity index is 1.90. The summed E-state index contributed by atoms with van der Waals surface area (Å²) < 4.78 is 0. The van der Waals surface area contributed by atoms with E-state index in [0.29, 0.717) is 18.1 Å². The molecule has 0 saturated heterocycles. The highest BCUT2D eigenvalue weighted by atomic mass is 35.5. The molecule has 0 aliphatic carbocycles. The van der Waals surface area contributed by atoms with Crippen LogP contribution in [-0.4, -0.2) is 19.0 Å². The van der Waals surface area contributed by atoms with Crippen LogP contribution in [0.5, 0.6) is 0 Å². The highest BCUT2D eigenvalue weighted by Crippen LogP contribution is 2.15. The van der Waals surface area contributed by atoms with Crippen LogP contribution in [0.25, 0.3) is 0 Å². The lowest BCUT2D eigenvalue weighted by Crippen LogP contribution is -2.38. The minimum atomic E-state index is 0.0516. The van der Waals surface area contributed by atoms with Crippen molar-refractivity contribution >= 4 is 23.2 Å². The van der Waals surface area contributed by atoms with Gasteiger partial charge in [-0.25, -0.2) is 0 Å². The molecule has 2 rings (SSSR count). The third-order valence-electron chi connectivity index (χ3n) is 3.23. The van der Waals surface area contributed by atoms with Crippen LogP contribution in [0.3, 0.4) is 0 Å². The van der Waals surface area contributed by atoms with E-state index in [1.165, 1.54) is 0 Å². The zero-order valence-electron chi connectivity index (χ0n) is 12.1. The molecule has 0 saturated carbocycles. The molecule has 0 heterocycles. The number of likely N-dealkylation sites (N-methyl/N-ethyl adjacent to an activating group) is 1. The van der Waals surface area contributed by atoms with Crippen molar-refractivity contribution in [1.29, 1.82) is 0 Å². The highest BCUT2D eigenvalue weighted by molar-refractivity contribution is 6.31. The summed E-state index contributed by atoms with van der Waals surface area (Å²) >= 11 is 6.09. The number of hydrogen-bond acceptors (Lipinski definition) is 2. The summed E-state index contributed by atoms with van der Waals surface area (Å²) in [6.07, 6.45) is 0. The fourth-order valence-corrected chi connectivity index (χ4v) is 2.35. The van der Waals surface area contributed by atoms with Gasteiger partial charge in [0.25, 0.3) is 0 Å². The van der Waals surface area contributed by atoms with Gasteiger partial charge in [0.05, 0.1) is 6.54 Å². The Morgan fingerprint density at radius 3 is 2.43 bits per heavy atom. The van der Waals surface area contributed by atoms with E-state index < -0.39 is 0 Å². The zero-order chi connectivity index (χ0) is 15.1. The molecule has 0 radical (unpaired) electrons. The number of benzene rings is 2. The summed E-state index contributed by atoms with van der Waals surface area (Å²) in [6, 6.07) is 17.3. The third-order valence-corrected chi connectivity index (χ3v) is 3.60. The molecule has 0 aromatic heterocycles. The molecule has 21 heavy (non-hydrogen) atoms. The van der Waals surface area contributed by atoms with Crippen molar-refractivity contribution in [2.45, 2.75) is 13.5 Å². The summed E-state index contributed by atoms with van der Waals surface area (Å²) in [5, 5.41) is 3.87. The Bertz CT molecular complexity index is 586. The van der Waals surface area contributed by atoms with Crippen LogP contribution in [0.2, 0.25) is 5.02 Å². The number of nitrogens with one attached hydrogen (secondary N) is 1. The van der Waals surface area contributed by atoms with Crippen LogP contribution in [0, 0.1) is 0 Å². The van der Waals surface area contributed by atoms with Crippen LogP contribution in [0.15, 0.2) is 54.6 Å². The molecule has 0 unspecified atom stereocenters. The first-order valence-electron chi connectivity index (χ1n) is 7.02. The van der Waals surface area contributed by atoms with E-state index in [9.17, 15) is 4.79 Å². The molecule has 3 nitrogen and oxygen atoms in total. The summed E-state index contributed by atoms with van der Waals surface area (Å²) in [5.41, 5.74) is 1.92. The van der Waals surface area contributed by atoms with E-state index in [0.717, 1.165) is 11.3 Å². The van der Waals surface area contributed by atoms with Crippen LogP contribution in [0.4, 0.5) is 5.69 Å². The molecule has 0 bridgehead atoms. The second-order valence-corrected chi connectivity index (χ2v) is 5.08. The van der Waals surface area contributed by atoms with E-state index in [4.69, 9.17) is 11.6 Å². The molecular weight excluding hydrogens is 284 g/mol. The number of hydrogen-bond donors (Lipinski definition) is 1. The van der Waals surface area contributed by atoms with Crippen molar-refractivity contribution in [2.24, 2.45) is 0 Å². The van der Waals surface area contributed by atoms with Gasteiger partial charge in [-0.15, -0.1) is 0 Å². The van der Waals surface area contributed by atoms with Crippen LogP contribution in [0.1, 0.15) is 12.5 Å². The van der Waals surface area contributed by atoms with Crippen molar-refractivity contribution in [2.75, 3.05) is 18.0 Å². The second-order valence-electron chi connectivity index (χ2n) is 4.67. The van der Waals surface area contributed by atoms with Gasteiger partial charge < -0.3 is 10.2 Å². The van der Waals surface area contributed by atoms with E-state index in [2.05, 4.69) is 5.32 Å². The maximum Gasteiger partial charge on any atom is 0.240 e. The van der Waals surface area contributed by atoms with E-state index >= 15 is 0 Å². The SMILES string of the molecule is CCN(C(=O)CNCc1ccccc1Cl)c1ccccc1. The van der Waals surface area contributed by atoms with Gasteiger partial charge in [-0.05, 0) is 30.7 Å². The molecular formula is C17H19ClN2O. The monoisotopic (exact) mass is 302 g/mol. The lowest BCUT2D eigenvalue weighted by molar-refractivity contribution is -0.117. The number of anilines is 1. The van der Waals surface area contributed by atoms with Crippen molar-refractivity contribution in [3.63, 3.8) is 0 Å². The number of carbonyl (C=O) groups excluding carboxylic acids is 1. The Kier molecular flexibility index (Phi) is 5.78. The maximum absolute atomic E-state index is 12.3. The minimum Gasteiger partial charge on any atom is -0.312 e.